The molecule has 0 aliphatic heterocycles. The van der Waals surface area contributed by atoms with E-state index < -0.39 is 9.84 Å². The Kier molecular flexibility index (Phi) is 5.19. The summed E-state index contributed by atoms with van der Waals surface area (Å²) < 4.78 is 24.0. The Morgan fingerprint density at radius 2 is 2.18 bits per heavy atom. The van der Waals surface area contributed by atoms with Crippen molar-refractivity contribution in [3.8, 4) is 0 Å². The average molecular weight is 339 g/mol. The van der Waals surface area contributed by atoms with E-state index in [1.165, 1.54) is 6.26 Å². The van der Waals surface area contributed by atoms with Crippen LogP contribution in [0.5, 0.6) is 0 Å². The molecule has 0 aromatic heterocycles. The van der Waals surface area contributed by atoms with Crippen LogP contribution < -0.4 is 5.32 Å². The standard InChI is InChI=1S/C11H13BrClNO2S/c1-8(12)6-14-7-9-10(13)4-3-5-11(9)17(2,15)16/h3-5,14H,1,6-7H2,2H3. The maximum absolute atomic E-state index is 11.6. The molecule has 0 bridgehead atoms. The number of rotatable bonds is 5. The maximum atomic E-state index is 11.6. The number of hydrogen-bond acceptors (Lipinski definition) is 3. The minimum atomic E-state index is -3.27. The quantitative estimate of drug-likeness (QED) is 0.898. The van der Waals surface area contributed by atoms with E-state index in [1.54, 1.807) is 18.2 Å². The molecule has 0 radical (unpaired) electrons. The molecule has 1 aromatic rings. The number of benzene rings is 1. The van der Waals surface area contributed by atoms with Gasteiger partial charge in [-0.15, -0.1) is 0 Å². The highest BCUT2D eigenvalue weighted by atomic mass is 79.9. The summed E-state index contributed by atoms with van der Waals surface area (Å²) in [6.07, 6.45) is 1.17. The van der Waals surface area contributed by atoms with Gasteiger partial charge in [-0.1, -0.05) is 40.2 Å². The van der Waals surface area contributed by atoms with Crippen LogP contribution in [0.3, 0.4) is 0 Å². The highest BCUT2D eigenvalue weighted by Gasteiger charge is 2.15. The molecule has 1 N–H and O–H groups in total. The average Bonchev–Trinajstić information content (AvgIpc) is 2.18. The molecule has 0 unspecified atom stereocenters. The zero-order chi connectivity index (χ0) is 13.1. The first kappa shape index (κ1) is 14.7. The van der Waals surface area contributed by atoms with Gasteiger partial charge in [0.2, 0.25) is 0 Å². The van der Waals surface area contributed by atoms with Crippen LogP contribution in [0.25, 0.3) is 0 Å². The van der Waals surface area contributed by atoms with Gasteiger partial charge in [0.05, 0.1) is 4.90 Å². The fourth-order valence-electron chi connectivity index (χ4n) is 1.38. The first-order valence-electron chi connectivity index (χ1n) is 4.84. The molecule has 0 saturated heterocycles. The predicted molar refractivity (Wildman–Crippen MR) is 74.3 cm³/mol. The van der Waals surface area contributed by atoms with Crippen molar-refractivity contribution in [2.24, 2.45) is 0 Å². The van der Waals surface area contributed by atoms with Gasteiger partial charge in [-0.05, 0) is 12.1 Å². The second-order valence-corrected chi connectivity index (χ2v) is 7.12. The Labute approximate surface area is 115 Å². The molecule has 1 rings (SSSR count). The summed E-state index contributed by atoms with van der Waals surface area (Å²) in [6.45, 7) is 4.61. The molecule has 3 nitrogen and oxygen atoms in total. The first-order valence-corrected chi connectivity index (χ1v) is 7.90. The normalized spacial score (nSPS) is 11.5. The summed E-state index contributed by atoms with van der Waals surface area (Å²) in [5.41, 5.74) is 0.588. The van der Waals surface area contributed by atoms with Crippen molar-refractivity contribution in [3.05, 3.63) is 39.8 Å². The van der Waals surface area contributed by atoms with E-state index in [2.05, 4.69) is 27.8 Å². The van der Waals surface area contributed by atoms with E-state index in [0.717, 1.165) is 4.48 Å². The monoisotopic (exact) mass is 337 g/mol. The van der Waals surface area contributed by atoms with Crippen molar-refractivity contribution in [2.45, 2.75) is 11.4 Å². The van der Waals surface area contributed by atoms with Gasteiger partial charge in [0.25, 0.3) is 0 Å². The molecule has 0 fully saturated rings. The topological polar surface area (TPSA) is 46.2 Å². The number of hydrogen-bond donors (Lipinski definition) is 1. The largest absolute Gasteiger partial charge is 0.308 e. The number of sulfone groups is 1. The summed E-state index contributed by atoms with van der Waals surface area (Å²) >= 11 is 9.23. The summed E-state index contributed by atoms with van der Waals surface area (Å²) in [7, 11) is -3.27. The minimum absolute atomic E-state index is 0.262. The third-order valence-corrected chi connectivity index (χ3v) is 3.91. The third-order valence-electron chi connectivity index (χ3n) is 2.09. The Balaban J connectivity index is 3.01. The van der Waals surface area contributed by atoms with Crippen molar-refractivity contribution in [3.63, 3.8) is 0 Å². The zero-order valence-electron chi connectivity index (χ0n) is 9.33. The van der Waals surface area contributed by atoms with E-state index in [-0.39, 0.29) is 4.90 Å². The van der Waals surface area contributed by atoms with Crippen LogP contribution in [-0.2, 0) is 16.4 Å². The molecule has 6 heteroatoms. The van der Waals surface area contributed by atoms with Gasteiger partial charge in [0.1, 0.15) is 0 Å². The Hall–Kier alpha value is -0.360. The zero-order valence-corrected chi connectivity index (χ0v) is 12.5. The van der Waals surface area contributed by atoms with Crippen LogP contribution in [0.1, 0.15) is 5.56 Å². The lowest BCUT2D eigenvalue weighted by Crippen LogP contribution is -2.17. The number of nitrogens with one attached hydrogen (secondary N) is 1. The van der Waals surface area contributed by atoms with Gasteiger partial charge < -0.3 is 5.32 Å². The summed E-state index contributed by atoms with van der Waals surface area (Å²) in [5.74, 6) is 0. The van der Waals surface area contributed by atoms with Gasteiger partial charge in [0, 0.05) is 34.4 Å². The lowest BCUT2D eigenvalue weighted by atomic mass is 10.2. The molecular weight excluding hydrogens is 326 g/mol. The van der Waals surface area contributed by atoms with Gasteiger partial charge in [-0.3, -0.25) is 0 Å². The molecule has 17 heavy (non-hydrogen) atoms. The molecule has 0 saturated carbocycles. The molecule has 1 aromatic carbocycles. The molecule has 0 aliphatic carbocycles. The van der Waals surface area contributed by atoms with Crippen LogP contribution in [0.2, 0.25) is 5.02 Å². The molecule has 0 heterocycles. The van der Waals surface area contributed by atoms with Gasteiger partial charge in [-0.2, -0.15) is 0 Å². The van der Waals surface area contributed by atoms with Crippen molar-refractivity contribution >= 4 is 37.4 Å². The molecule has 0 atom stereocenters. The SMILES string of the molecule is C=C(Br)CNCc1c(Cl)cccc1S(C)(=O)=O. The Morgan fingerprint density at radius 3 is 2.71 bits per heavy atom. The van der Waals surface area contributed by atoms with Gasteiger partial charge in [0.15, 0.2) is 9.84 Å². The van der Waals surface area contributed by atoms with E-state index in [0.29, 0.717) is 23.7 Å². The fraction of sp³-hybridized carbons (Fsp3) is 0.273. The minimum Gasteiger partial charge on any atom is -0.308 e. The van der Waals surface area contributed by atoms with Gasteiger partial charge in [-0.25, -0.2) is 8.42 Å². The van der Waals surface area contributed by atoms with E-state index in [4.69, 9.17) is 11.6 Å². The maximum Gasteiger partial charge on any atom is 0.175 e. The smallest absolute Gasteiger partial charge is 0.175 e. The van der Waals surface area contributed by atoms with Crippen LogP contribution in [0.4, 0.5) is 0 Å². The van der Waals surface area contributed by atoms with Gasteiger partial charge >= 0.3 is 0 Å². The molecule has 0 spiro atoms. The Morgan fingerprint density at radius 1 is 1.53 bits per heavy atom. The summed E-state index contributed by atoms with van der Waals surface area (Å²) in [5, 5.41) is 3.50. The van der Waals surface area contributed by atoms with Crippen LogP contribution in [0.15, 0.2) is 34.2 Å². The van der Waals surface area contributed by atoms with Crippen LogP contribution >= 0.6 is 27.5 Å². The molecular formula is C11H13BrClNO2S. The van der Waals surface area contributed by atoms with Crippen molar-refractivity contribution < 1.29 is 8.42 Å². The second kappa shape index (κ2) is 6.00. The van der Waals surface area contributed by atoms with E-state index in [1.807, 2.05) is 0 Å². The fourth-order valence-corrected chi connectivity index (χ4v) is 2.83. The van der Waals surface area contributed by atoms with E-state index >= 15 is 0 Å². The lowest BCUT2D eigenvalue weighted by molar-refractivity contribution is 0.599. The lowest BCUT2D eigenvalue weighted by Gasteiger charge is -2.10. The Bertz CT molecular complexity index is 528. The van der Waals surface area contributed by atoms with Crippen molar-refractivity contribution in [2.75, 3.05) is 12.8 Å². The van der Waals surface area contributed by atoms with E-state index in [9.17, 15) is 8.42 Å². The summed E-state index contributed by atoms with van der Waals surface area (Å²) in [6, 6.07) is 4.86. The summed E-state index contributed by atoms with van der Waals surface area (Å²) in [4.78, 5) is 0.262. The molecule has 94 valence electrons. The van der Waals surface area contributed by atoms with Crippen LogP contribution in [-0.4, -0.2) is 21.2 Å². The highest BCUT2D eigenvalue weighted by molar-refractivity contribution is 9.11. The molecule has 0 aliphatic rings. The van der Waals surface area contributed by atoms with Crippen LogP contribution in [0, 0.1) is 0 Å². The van der Waals surface area contributed by atoms with Crippen molar-refractivity contribution in [1.29, 1.82) is 0 Å². The first-order chi connectivity index (χ1) is 7.82. The number of halogens is 2. The predicted octanol–water partition coefficient (Wildman–Crippen LogP) is 2.74. The van der Waals surface area contributed by atoms with Crippen molar-refractivity contribution in [1.82, 2.24) is 5.32 Å². The molecule has 0 amide bonds. The highest BCUT2D eigenvalue weighted by Crippen LogP contribution is 2.23. The third kappa shape index (κ3) is 4.43. The second-order valence-electron chi connectivity index (χ2n) is 3.61.